The molecule has 0 saturated heterocycles. The van der Waals surface area contributed by atoms with Crippen molar-refractivity contribution in [3.05, 3.63) is 23.4 Å². The van der Waals surface area contributed by atoms with E-state index < -0.39 is 17.1 Å². The highest BCUT2D eigenvalue weighted by molar-refractivity contribution is 5.92. The Balaban J connectivity index is 1.36. The van der Waals surface area contributed by atoms with Crippen LogP contribution in [-0.4, -0.2) is 40.1 Å². The van der Waals surface area contributed by atoms with Crippen molar-refractivity contribution in [3.8, 4) is 0 Å². The van der Waals surface area contributed by atoms with Crippen LogP contribution in [0.4, 0.5) is 0 Å². The number of hydroxylamine groups is 1. The predicted octanol–water partition coefficient (Wildman–Crippen LogP) is 3.38. The Morgan fingerprint density at radius 2 is 2.03 bits per heavy atom. The molecule has 3 saturated carbocycles. The van der Waals surface area contributed by atoms with Gasteiger partial charge in [0.2, 0.25) is 0 Å². The molecule has 0 aromatic rings. The molecule has 0 radical (unpaired) electrons. The van der Waals surface area contributed by atoms with Crippen LogP contribution in [0.5, 0.6) is 0 Å². The lowest BCUT2D eigenvalue weighted by Gasteiger charge is -2.60. The Labute approximate surface area is 190 Å². The molecule has 7 atom stereocenters. The molecule has 5 rings (SSSR count). The molecular weight excluding hydrogens is 406 g/mol. The first-order valence-corrected chi connectivity index (χ1v) is 12.4. The Morgan fingerprint density at radius 1 is 1.22 bits per heavy atom. The van der Waals surface area contributed by atoms with Crippen LogP contribution in [0, 0.1) is 28.6 Å². The Kier molecular flexibility index (Phi) is 5.42. The summed E-state index contributed by atoms with van der Waals surface area (Å²) in [6, 6.07) is 0. The SMILES string of the molecule is CC12CCC(=O)C=C1CCC1C2[C@@H](O)CC2(C)C1CC[C@]2(O)C(=O)CONC1=CCCC1. The molecule has 0 aliphatic heterocycles. The lowest BCUT2D eigenvalue weighted by Crippen LogP contribution is -2.62. The van der Waals surface area contributed by atoms with Gasteiger partial charge in [-0.1, -0.05) is 25.5 Å². The largest absolute Gasteiger partial charge is 0.393 e. The summed E-state index contributed by atoms with van der Waals surface area (Å²) in [6.45, 7) is 4.05. The summed E-state index contributed by atoms with van der Waals surface area (Å²) >= 11 is 0. The molecule has 0 amide bonds. The van der Waals surface area contributed by atoms with Crippen LogP contribution in [0.2, 0.25) is 0 Å². The van der Waals surface area contributed by atoms with E-state index in [9.17, 15) is 19.8 Å². The van der Waals surface area contributed by atoms with E-state index in [0.717, 1.165) is 50.6 Å². The maximum Gasteiger partial charge on any atom is 0.193 e. The number of carbonyl (C=O) groups excluding carboxylic acids is 2. The molecule has 6 heteroatoms. The van der Waals surface area contributed by atoms with Gasteiger partial charge in [0.05, 0.1) is 6.10 Å². The van der Waals surface area contributed by atoms with Gasteiger partial charge in [-0.05, 0) is 87.0 Å². The lowest BCUT2D eigenvalue weighted by molar-refractivity contribution is -0.184. The van der Waals surface area contributed by atoms with Gasteiger partial charge in [-0.3, -0.25) is 19.9 Å². The number of rotatable bonds is 5. The molecule has 5 aliphatic rings. The fraction of sp³-hybridized carbons (Fsp3) is 0.769. The van der Waals surface area contributed by atoms with E-state index >= 15 is 0 Å². The van der Waals surface area contributed by atoms with E-state index in [1.54, 1.807) is 0 Å². The van der Waals surface area contributed by atoms with Crippen LogP contribution >= 0.6 is 0 Å². The van der Waals surface area contributed by atoms with Gasteiger partial charge < -0.3 is 10.2 Å². The van der Waals surface area contributed by atoms with E-state index in [0.29, 0.717) is 19.3 Å². The van der Waals surface area contributed by atoms with Gasteiger partial charge in [-0.15, -0.1) is 0 Å². The first-order chi connectivity index (χ1) is 15.2. The molecular formula is C26H37NO5. The van der Waals surface area contributed by atoms with Gasteiger partial charge >= 0.3 is 0 Å². The fourth-order valence-electron chi connectivity index (χ4n) is 8.23. The third-order valence-electron chi connectivity index (χ3n) is 9.96. The third kappa shape index (κ3) is 3.17. The summed E-state index contributed by atoms with van der Waals surface area (Å²) in [7, 11) is 0. The van der Waals surface area contributed by atoms with Gasteiger partial charge in [0, 0.05) is 17.5 Å². The second kappa shape index (κ2) is 7.78. The summed E-state index contributed by atoms with van der Waals surface area (Å²) in [6.07, 6.45) is 11.1. The summed E-state index contributed by atoms with van der Waals surface area (Å²) in [5.74, 6) is 0.437. The van der Waals surface area contributed by atoms with Crippen LogP contribution in [0.25, 0.3) is 0 Å². The standard InChI is InChI=1S/C26H37NO5/c1-24-11-9-18(28)13-16(24)7-8-19-20-10-12-26(31,25(20,2)14-21(29)23(19)24)22(30)15-32-27-17-5-3-4-6-17/h5,13,19-21,23,27,29,31H,3-4,6-12,14-15H2,1-2H3/t19?,20?,21-,23?,24?,25?,26-/m0/s1. The minimum absolute atomic E-state index is 0.0818. The fourth-order valence-corrected chi connectivity index (χ4v) is 8.23. The van der Waals surface area contributed by atoms with Crippen LogP contribution in [0.1, 0.15) is 78.1 Å². The number of Topliss-reactive ketones (excluding diaryl/α,β-unsaturated/α-hetero) is 1. The number of hydrogen-bond acceptors (Lipinski definition) is 6. The second-order valence-corrected chi connectivity index (χ2v) is 11.4. The van der Waals surface area contributed by atoms with Crippen molar-refractivity contribution < 1.29 is 24.6 Å². The monoisotopic (exact) mass is 443 g/mol. The number of carbonyl (C=O) groups is 2. The highest BCUT2D eigenvalue weighted by Crippen LogP contribution is 2.67. The smallest absolute Gasteiger partial charge is 0.193 e. The molecule has 0 spiro atoms. The zero-order chi connectivity index (χ0) is 22.7. The topological polar surface area (TPSA) is 95.9 Å². The van der Waals surface area contributed by atoms with Gasteiger partial charge in [0.15, 0.2) is 11.6 Å². The second-order valence-electron chi connectivity index (χ2n) is 11.4. The Morgan fingerprint density at radius 3 is 2.78 bits per heavy atom. The van der Waals surface area contributed by atoms with Crippen LogP contribution in [0.3, 0.4) is 0 Å². The van der Waals surface area contributed by atoms with Crippen molar-refractivity contribution in [2.75, 3.05) is 6.61 Å². The van der Waals surface area contributed by atoms with Gasteiger partial charge in [0.1, 0.15) is 12.2 Å². The van der Waals surface area contributed by atoms with Crippen molar-refractivity contribution in [2.45, 2.75) is 89.8 Å². The molecule has 0 aromatic carbocycles. The third-order valence-corrected chi connectivity index (χ3v) is 9.96. The molecule has 0 bridgehead atoms. The van der Waals surface area contributed by atoms with Crippen molar-refractivity contribution >= 4 is 11.6 Å². The summed E-state index contributed by atoms with van der Waals surface area (Å²) in [5, 5.41) is 23.1. The molecule has 3 N–H and O–H groups in total. The number of ketones is 2. The van der Waals surface area contributed by atoms with E-state index in [1.165, 1.54) is 5.57 Å². The van der Waals surface area contributed by atoms with Crippen LogP contribution < -0.4 is 5.48 Å². The maximum absolute atomic E-state index is 13.2. The van der Waals surface area contributed by atoms with Crippen LogP contribution in [0.15, 0.2) is 23.4 Å². The molecule has 3 fully saturated rings. The van der Waals surface area contributed by atoms with Crippen molar-refractivity contribution in [2.24, 2.45) is 28.6 Å². The minimum Gasteiger partial charge on any atom is -0.393 e. The van der Waals surface area contributed by atoms with Gasteiger partial charge in [-0.25, -0.2) is 0 Å². The highest BCUT2D eigenvalue weighted by atomic mass is 16.6. The quantitative estimate of drug-likeness (QED) is 0.564. The van der Waals surface area contributed by atoms with Gasteiger partial charge in [0.25, 0.3) is 0 Å². The zero-order valence-corrected chi connectivity index (χ0v) is 19.4. The molecule has 32 heavy (non-hydrogen) atoms. The van der Waals surface area contributed by atoms with Gasteiger partial charge in [-0.2, -0.15) is 0 Å². The Hall–Kier alpha value is -1.50. The number of aliphatic hydroxyl groups is 2. The number of allylic oxidation sites excluding steroid dienone is 3. The van der Waals surface area contributed by atoms with E-state index in [2.05, 4.69) is 18.5 Å². The first-order valence-electron chi connectivity index (χ1n) is 12.4. The summed E-state index contributed by atoms with van der Waals surface area (Å²) in [5.41, 5.74) is 2.77. The molecule has 5 unspecified atom stereocenters. The number of fused-ring (bicyclic) bond motifs is 5. The molecule has 5 aliphatic carbocycles. The first kappa shape index (κ1) is 22.3. The van der Waals surface area contributed by atoms with Crippen molar-refractivity contribution in [1.82, 2.24) is 5.48 Å². The van der Waals surface area contributed by atoms with E-state index in [4.69, 9.17) is 4.84 Å². The molecule has 6 nitrogen and oxygen atoms in total. The van der Waals surface area contributed by atoms with Crippen LogP contribution in [-0.2, 0) is 14.4 Å². The van der Waals surface area contributed by atoms with Crippen molar-refractivity contribution in [1.29, 1.82) is 0 Å². The zero-order valence-electron chi connectivity index (χ0n) is 19.4. The summed E-state index contributed by atoms with van der Waals surface area (Å²) in [4.78, 5) is 30.8. The normalized spacial score (nSPS) is 45.4. The van der Waals surface area contributed by atoms with E-state index in [1.807, 2.05) is 13.0 Å². The average molecular weight is 444 g/mol. The average Bonchev–Trinajstić information content (AvgIpc) is 3.35. The predicted molar refractivity (Wildman–Crippen MR) is 119 cm³/mol. The summed E-state index contributed by atoms with van der Waals surface area (Å²) < 4.78 is 0. The Bertz CT molecular complexity index is 879. The lowest BCUT2D eigenvalue weighted by atomic mass is 9.45. The maximum atomic E-state index is 13.2. The van der Waals surface area contributed by atoms with Crippen molar-refractivity contribution in [3.63, 3.8) is 0 Å². The molecule has 0 heterocycles. The highest BCUT2D eigenvalue weighted by Gasteiger charge is 2.68. The number of hydrogen-bond donors (Lipinski definition) is 3. The molecule has 0 aromatic heterocycles. The number of nitrogens with one attached hydrogen (secondary N) is 1. The number of aliphatic hydroxyl groups excluding tert-OH is 1. The minimum atomic E-state index is -1.48. The van der Waals surface area contributed by atoms with E-state index in [-0.39, 0.29) is 41.3 Å². The molecule has 176 valence electrons.